The molecule has 3 aromatic rings. The largest absolute Gasteiger partial charge is 0.385 e. The van der Waals surface area contributed by atoms with Gasteiger partial charge in [0.05, 0.1) is 11.9 Å². The number of rotatable bonds is 6. The Labute approximate surface area is 120 Å². The molecule has 0 aliphatic heterocycles. The van der Waals surface area contributed by atoms with Crippen LogP contribution in [0.3, 0.4) is 0 Å². The zero-order chi connectivity index (χ0) is 13.8. The highest BCUT2D eigenvalue weighted by Gasteiger charge is 2.09. The van der Waals surface area contributed by atoms with Crippen LogP contribution in [0.1, 0.15) is 6.42 Å². The van der Waals surface area contributed by atoms with Gasteiger partial charge in [-0.2, -0.15) is 0 Å². The Kier molecular flexibility index (Phi) is 3.89. The van der Waals surface area contributed by atoms with Gasteiger partial charge in [-0.3, -0.25) is 4.98 Å². The van der Waals surface area contributed by atoms with E-state index in [1.165, 1.54) is 11.3 Å². The van der Waals surface area contributed by atoms with Crippen molar-refractivity contribution in [2.45, 2.75) is 6.42 Å². The molecule has 0 spiro atoms. The maximum Gasteiger partial charge on any atom is 0.214 e. The van der Waals surface area contributed by atoms with E-state index in [0.29, 0.717) is 0 Å². The molecule has 0 atom stereocenters. The van der Waals surface area contributed by atoms with Crippen molar-refractivity contribution in [3.8, 4) is 11.3 Å². The number of methoxy groups -OCH3 is 1. The summed E-state index contributed by atoms with van der Waals surface area (Å²) in [5.74, 6) is 0. The quantitative estimate of drug-likeness (QED) is 0.705. The van der Waals surface area contributed by atoms with Gasteiger partial charge < -0.3 is 10.1 Å². The predicted octanol–water partition coefficient (Wildman–Crippen LogP) is 2.30. The molecule has 3 rings (SSSR count). The Bertz CT molecular complexity index is 647. The minimum absolute atomic E-state index is 0.751. The van der Waals surface area contributed by atoms with Crippen LogP contribution in [0.15, 0.2) is 30.7 Å². The minimum Gasteiger partial charge on any atom is -0.385 e. The summed E-state index contributed by atoms with van der Waals surface area (Å²) in [7, 11) is 1.71. The van der Waals surface area contributed by atoms with Crippen LogP contribution in [0.4, 0.5) is 5.13 Å². The molecule has 0 aliphatic carbocycles. The highest BCUT2D eigenvalue weighted by molar-refractivity contribution is 7.20. The number of aromatic nitrogens is 4. The number of pyridine rings is 1. The normalized spacial score (nSPS) is 11.1. The van der Waals surface area contributed by atoms with Crippen molar-refractivity contribution in [1.82, 2.24) is 19.6 Å². The Morgan fingerprint density at radius 1 is 1.45 bits per heavy atom. The van der Waals surface area contributed by atoms with E-state index in [2.05, 4.69) is 20.4 Å². The SMILES string of the molecule is COCCCNc1nn2cc(-c3cccnc3)nc2s1. The van der Waals surface area contributed by atoms with Gasteiger partial charge in [0.2, 0.25) is 10.1 Å². The number of ether oxygens (including phenoxy) is 1. The molecule has 0 bridgehead atoms. The number of hydrogen-bond acceptors (Lipinski definition) is 6. The number of hydrogen-bond donors (Lipinski definition) is 1. The molecule has 20 heavy (non-hydrogen) atoms. The van der Waals surface area contributed by atoms with Crippen LogP contribution in [0.2, 0.25) is 0 Å². The first-order valence-corrected chi connectivity index (χ1v) is 7.18. The second-order valence-electron chi connectivity index (χ2n) is 4.28. The molecule has 0 saturated heterocycles. The fourth-order valence-electron chi connectivity index (χ4n) is 1.84. The topological polar surface area (TPSA) is 64.3 Å². The number of imidazole rings is 1. The molecule has 0 unspecified atom stereocenters. The van der Waals surface area contributed by atoms with E-state index >= 15 is 0 Å². The summed E-state index contributed by atoms with van der Waals surface area (Å²) in [5.41, 5.74) is 1.89. The Hall–Kier alpha value is -1.99. The summed E-state index contributed by atoms with van der Waals surface area (Å²) < 4.78 is 6.81. The number of nitrogens with one attached hydrogen (secondary N) is 1. The first-order chi connectivity index (χ1) is 9.86. The van der Waals surface area contributed by atoms with Crippen LogP contribution >= 0.6 is 11.3 Å². The third kappa shape index (κ3) is 2.78. The number of anilines is 1. The third-order valence-electron chi connectivity index (χ3n) is 2.80. The minimum atomic E-state index is 0.751. The van der Waals surface area contributed by atoms with Crippen molar-refractivity contribution in [3.63, 3.8) is 0 Å². The van der Waals surface area contributed by atoms with Crippen LogP contribution in [0.5, 0.6) is 0 Å². The second-order valence-corrected chi connectivity index (χ2v) is 5.23. The fraction of sp³-hybridized carbons (Fsp3) is 0.308. The van der Waals surface area contributed by atoms with Gasteiger partial charge in [0, 0.05) is 38.2 Å². The molecule has 0 radical (unpaired) electrons. The van der Waals surface area contributed by atoms with Gasteiger partial charge in [0.1, 0.15) is 0 Å². The van der Waals surface area contributed by atoms with Gasteiger partial charge in [0.15, 0.2) is 0 Å². The molecule has 104 valence electrons. The maximum atomic E-state index is 5.01. The van der Waals surface area contributed by atoms with Gasteiger partial charge in [-0.05, 0) is 18.6 Å². The summed E-state index contributed by atoms with van der Waals surface area (Å²) in [4.78, 5) is 9.54. The Morgan fingerprint density at radius 3 is 3.15 bits per heavy atom. The van der Waals surface area contributed by atoms with Gasteiger partial charge in [-0.15, -0.1) is 5.10 Å². The van der Waals surface area contributed by atoms with Crippen molar-refractivity contribution in [3.05, 3.63) is 30.7 Å². The van der Waals surface area contributed by atoms with E-state index < -0.39 is 0 Å². The van der Waals surface area contributed by atoms with Crippen LogP contribution in [-0.4, -0.2) is 39.8 Å². The molecule has 0 aromatic carbocycles. The van der Waals surface area contributed by atoms with Crippen LogP contribution < -0.4 is 5.32 Å². The van der Waals surface area contributed by atoms with Crippen molar-refractivity contribution in [2.24, 2.45) is 0 Å². The van der Waals surface area contributed by atoms with Gasteiger partial charge in [-0.25, -0.2) is 9.50 Å². The van der Waals surface area contributed by atoms with Crippen LogP contribution in [-0.2, 0) is 4.74 Å². The van der Waals surface area contributed by atoms with Crippen molar-refractivity contribution in [2.75, 3.05) is 25.6 Å². The van der Waals surface area contributed by atoms with Crippen molar-refractivity contribution in [1.29, 1.82) is 0 Å². The van der Waals surface area contributed by atoms with Crippen molar-refractivity contribution < 1.29 is 4.74 Å². The molecule has 0 amide bonds. The summed E-state index contributed by atoms with van der Waals surface area (Å²) in [6.07, 6.45) is 6.43. The Balaban J connectivity index is 1.73. The van der Waals surface area contributed by atoms with E-state index in [1.807, 2.05) is 18.3 Å². The molecular formula is C13H15N5OS. The predicted molar refractivity (Wildman–Crippen MR) is 79.1 cm³/mol. The third-order valence-corrected chi connectivity index (χ3v) is 3.68. The molecule has 0 aliphatic rings. The van der Waals surface area contributed by atoms with E-state index in [1.54, 1.807) is 24.0 Å². The average molecular weight is 289 g/mol. The second kappa shape index (κ2) is 5.98. The standard InChI is InChI=1S/C13H15N5OS/c1-19-7-3-6-15-12-17-18-9-11(16-13(18)20-12)10-4-2-5-14-8-10/h2,4-5,8-9H,3,6-7H2,1H3,(H,15,17). The molecular weight excluding hydrogens is 274 g/mol. The first kappa shape index (κ1) is 13.0. The first-order valence-electron chi connectivity index (χ1n) is 6.36. The molecule has 7 heteroatoms. The number of fused-ring (bicyclic) bond motifs is 1. The van der Waals surface area contributed by atoms with Crippen LogP contribution in [0, 0.1) is 0 Å². The summed E-state index contributed by atoms with van der Waals surface area (Å²) in [6.45, 7) is 1.60. The lowest BCUT2D eigenvalue weighted by atomic mass is 10.2. The molecule has 0 saturated carbocycles. The van der Waals surface area contributed by atoms with Gasteiger partial charge in [-0.1, -0.05) is 11.3 Å². The number of nitrogens with zero attached hydrogens (tertiary/aromatic N) is 4. The lowest BCUT2D eigenvalue weighted by Gasteiger charge is -2.00. The lowest BCUT2D eigenvalue weighted by molar-refractivity contribution is 0.198. The lowest BCUT2D eigenvalue weighted by Crippen LogP contribution is -2.04. The van der Waals surface area contributed by atoms with E-state index in [4.69, 9.17) is 4.74 Å². The van der Waals surface area contributed by atoms with Gasteiger partial charge >= 0.3 is 0 Å². The average Bonchev–Trinajstić information content (AvgIpc) is 3.03. The summed E-state index contributed by atoms with van der Waals surface area (Å²) in [6, 6.07) is 3.89. The van der Waals surface area contributed by atoms with Crippen molar-refractivity contribution >= 4 is 21.4 Å². The zero-order valence-electron chi connectivity index (χ0n) is 11.1. The highest BCUT2D eigenvalue weighted by atomic mass is 32.1. The smallest absolute Gasteiger partial charge is 0.214 e. The molecule has 6 nitrogen and oxygen atoms in total. The molecule has 3 heterocycles. The highest BCUT2D eigenvalue weighted by Crippen LogP contribution is 2.23. The van der Waals surface area contributed by atoms with E-state index in [-0.39, 0.29) is 0 Å². The zero-order valence-corrected chi connectivity index (χ0v) is 11.9. The molecule has 1 N–H and O–H groups in total. The summed E-state index contributed by atoms with van der Waals surface area (Å²) in [5, 5.41) is 8.60. The monoisotopic (exact) mass is 289 g/mol. The molecule has 3 aromatic heterocycles. The Morgan fingerprint density at radius 2 is 2.40 bits per heavy atom. The van der Waals surface area contributed by atoms with Gasteiger partial charge in [0.25, 0.3) is 0 Å². The summed E-state index contributed by atoms with van der Waals surface area (Å²) >= 11 is 1.54. The molecule has 0 fully saturated rings. The fourth-order valence-corrected chi connectivity index (χ4v) is 2.64. The maximum absolute atomic E-state index is 5.01. The van der Waals surface area contributed by atoms with E-state index in [9.17, 15) is 0 Å². The van der Waals surface area contributed by atoms with E-state index in [0.717, 1.165) is 40.9 Å². The van der Waals surface area contributed by atoms with Crippen LogP contribution in [0.25, 0.3) is 16.2 Å².